The van der Waals surface area contributed by atoms with Gasteiger partial charge >= 0.3 is 0 Å². The van der Waals surface area contributed by atoms with Crippen molar-refractivity contribution < 1.29 is 28.3 Å². The van der Waals surface area contributed by atoms with Crippen LogP contribution in [-0.4, -0.2) is 57.7 Å². The normalized spacial score (nSPS) is 28.3. The fraction of sp³-hybridized carbons (Fsp3) is 0.517. The van der Waals surface area contributed by atoms with Crippen molar-refractivity contribution >= 4 is 31.6 Å². The number of amides is 2. The first kappa shape index (κ1) is 27.8. The van der Waals surface area contributed by atoms with Gasteiger partial charge in [-0.15, -0.1) is 0 Å². The molecular formula is C29H38FN3O5Si. The molecule has 5 atom stereocenters. The van der Waals surface area contributed by atoms with Gasteiger partial charge in [0.25, 0.3) is 5.91 Å². The third-order valence-corrected chi connectivity index (χ3v) is 11.0. The first-order valence-corrected chi connectivity index (χ1v) is 16.7. The van der Waals surface area contributed by atoms with Gasteiger partial charge in [-0.05, 0) is 74.8 Å². The summed E-state index contributed by atoms with van der Waals surface area (Å²) in [5.41, 5.74) is 1.04. The summed E-state index contributed by atoms with van der Waals surface area (Å²) in [6.45, 7) is 6.13. The molecule has 0 aliphatic carbocycles. The summed E-state index contributed by atoms with van der Waals surface area (Å²) < 4.78 is 27.8. The smallest absolute Gasteiger partial charge is 0.264 e. The van der Waals surface area contributed by atoms with E-state index in [0.717, 1.165) is 24.9 Å². The Labute approximate surface area is 230 Å². The molecule has 1 spiro atoms. The van der Waals surface area contributed by atoms with Crippen LogP contribution in [-0.2, 0) is 26.5 Å². The molecule has 10 heteroatoms. The van der Waals surface area contributed by atoms with Gasteiger partial charge in [0, 0.05) is 29.3 Å². The quantitative estimate of drug-likeness (QED) is 0.335. The minimum atomic E-state index is -3.27. The monoisotopic (exact) mass is 555 g/mol. The molecule has 3 N–H and O–H groups in total. The topological polar surface area (TPSA) is 100 Å². The molecule has 2 aromatic carbocycles. The number of aliphatic hydroxyl groups excluding tert-OH is 1. The second-order valence-corrected chi connectivity index (χ2v) is 15.2. The summed E-state index contributed by atoms with van der Waals surface area (Å²) in [4.78, 5) is 28.7. The number of nitrogens with one attached hydrogen (secondary N) is 2. The molecule has 8 nitrogen and oxygen atoms in total. The minimum absolute atomic E-state index is 0.0644. The predicted octanol–water partition coefficient (Wildman–Crippen LogP) is 4.09. The lowest BCUT2D eigenvalue weighted by Gasteiger charge is -2.31. The highest BCUT2D eigenvalue weighted by Gasteiger charge is 2.66. The fourth-order valence-electron chi connectivity index (χ4n) is 6.78. The summed E-state index contributed by atoms with van der Waals surface area (Å²) in [5.74, 6) is -0.159. The highest BCUT2D eigenvalue weighted by Crippen LogP contribution is 2.60. The van der Waals surface area contributed by atoms with Crippen molar-refractivity contribution in [3.05, 3.63) is 53.6 Å². The summed E-state index contributed by atoms with van der Waals surface area (Å²) in [6.07, 6.45) is 1.48. The molecule has 0 radical (unpaired) electrons. The fourth-order valence-corrected chi connectivity index (χ4v) is 9.32. The van der Waals surface area contributed by atoms with Crippen LogP contribution in [0, 0.1) is 5.92 Å². The van der Waals surface area contributed by atoms with Gasteiger partial charge in [-0.3, -0.25) is 9.59 Å². The molecule has 210 valence electrons. The van der Waals surface area contributed by atoms with Gasteiger partial charge in [-0.1, -0.05) is 19.1 Å². The van der Waals surface area contributed by atoms with E-state index in [1.807, 2.05) is 43.3 Å². The number of aliphatic hydroxyl groups is 1. The largest absolute Gasteiger partial charge is 0.497 e. The Morgan fingerprint density at radius 2 is 2.10 bits per heavy atom. The van der Waals surface area contributed by atoms with Gasteiger partial charge in [0.2, 0.25) is 14.3 Å². The van der Waals surface area contributed by atoms with Crippen molar-refractivity contribution in [1.82, 2.24) is 5.32 Å². The summed E-state index contributed by atoms with van der Waals surface area (Å²) in [7, 11) is -1.70. The van der Waals surface area contributed by atoms with E-state index >= 15 is 4.11 Å². The number of carbonyl (C=O) groups is 2. The lowest BCUT2D eigenvalue weighted by Crippen LogP contribution is -2.45. The van der Waals surface area contributed by atoms with Gasteiger partial charge in [0.05, 0.1) is 31.5 Å². The maximum Gasteiger partial charge on any atom is 0.264 e. The van der Waals surface area contributed by atoms with Crippen LogP contribution in [0.1, 0.15) is 37.3 Å². The molecule has 0 unspecified atom stereocenters. The Balaban J connectivity index is 1.49. The molecule has 39 heavy (non-hydrogen) atoms. The summed E-state index contributed by atoms with van der Waals surface area (Å²) in [6, 6.07) is 12.8. The predicted molar refractivity (Wildman–Crippen MR) is 150 cm³/mol. The Kier molecular flexibility index (Phi) is 7.58. The molecule has 0 bridgehead atoms. The highest BCUT2D eigenvalue weighted by molar-refractivity contribution is 6.72. The molecule has 3 aliphatic heterocycles. The molecule has 0 saturated carbocycles. The second kappa shape index (κ2) is 10.6. The van der Waals surface area contributed by atoms with Gasteiger partial charge in [0.15, 0.2) is 5.60 Å². The minimum Gasteiger partial charge on any atom is -0.497 e. The number of benzene rings is 2. The van der Waals surface area contributed by atoms with Crippen molar-refractivity contribution in [2.24, 2.45) is 5.92 Å². The summed E-state index contributed by atoms with van der Waals surface area (Å²) in [5, 5.41) is 15.9. The lowest BCUT2D eigenvalue weighted by atomic mass is 9.82. The van der Waals surface area contributed by atoms with Crippen LogP contribution in [0.15, 0.2) is 42.5 Å². The maximum atomic E-state index is 15.7. The number of hydrogen-bond donors (Lipinski definition) is 3. The van der Waals surface area contributed by atoms with Crippen molar-refractivity contribution in [3.8, 4) is 5.75 Å². The second-order valence-electron chi connectivity index (χ2n) is 11.4. The van der Waals surface area contributed by atoms with E-state index in [4.69, 9.17) is 9.47 Å². The third kappa shape index (κ3) is 4.88. The Morgan fingerprint density at radius 3 is 2.77 bits per heavy atom. The SMILES string of the molecule is COc1ccc2c(c1)[C@@]1(O[C@H](CCO)[C@@H]([Si](C)(C)F)[C@@H]1C)C(=O)N2Cc1cccc(NC(=O)[C@H]2CCCN2)c1. The number of ether oxygens (including phenoxy) is 2. The zero-order valence-corrected chi connectivity index (χ0v) is 24.0. The number of carbonyl (C=O) groups excluding carboxylic acids is 2. The molecule has 2 saturated heterocycles. The third-order valence-electron chi connectivity index (χ3n) is 8.49. The van der Waals surface area contributed by atoms with Crippen molar-refractivity contribution in [3.63, 3.8) is 0 Å². The van der Waals surface area contributed by atoms with Crippen molar-refractivity contribution in [2.75, 3.05) is 30.5 Å². The molecule has 3 heterocycles. The first-order valence-electron chi connectivity index (χ1n) is 13.7. The van der Waals surface area contributed by atoms with E-state index in [9.17, 15) is 14.7 Å². The number of rotatable bonds is 8. The van der Waals surface area contributed by atoms with E-state index < -0.39 is 31.6 Å². The molecule has 5 rings (SSSR count). The molecule has 3 aliphatic rings. The Bertz CT molecular complexity index is 1250. The Hall–Kier alpha value is -2.79. The van der Waals surface area contributed by atoms with Crippen LogP contribution in [0.5, 0.6) is 5.75 Å². The maximum absolute atomic E-state index is 15.7. The standard InChI is InChI=1S/C29H38FN3O5Si/c1-18-26(39(3,4)30)25(12-14-34)38-29(18)22-16-21(37-2)10-11-24(22)33(28(29)36)17-19-7-5-8-20(15-19)32-27(35)23-9-6-13-31-23/h5,7-8,10-11,15-16,18,23,25-26,31,34H,6,9,12-14,17H2,1-4H3,(H,32,35)/t18-,23+,25+,26-,29+/m0/s1. The van der Waals surface area contributed by atoms with Gasteiger partial charge < -0.3 is 34.2 Å². The van der Waals surface area contributed by atoms with Gasteiger partial charge in [-0.25, -0.2) is 0 Å². The van der Waals surface area contributed by atoms with E-state index in [1.165, 1.54) is 0 Å². The molecular weight excluding hydrogens is 517 g/mol. The van der Waals surface area contributed by atoms with Crippen LogP contribution in [0.4, 0.5) is 15.5 Å². The van der Waals surface area contributed by atoms with Gasteiger partial charge in [-0.2, -0.15) is 0 Å². The van der Waals surface area contributed by atoms with Crippen LogP contribution in [0.3, 0.4) is 0 Å². The number of methoxy groups -OCH3 is 1. The highest BCUT2D eigenvalue weighted by atomic mass is 28.4. The summed E-state index contributed by atoms with van der Waals surface area (Å²) >= 11 is 0. The van der Waals surface area contributed by atoms with Gasteiger partial charge in [0.1, 0.15) is 5.75 Å². The average molecular weight is 556 g/mol. The molecule has 2 fully saturated rings. The number of fused-ring (bicyclic) bond motifs is 2. The van der Waals surface area contributed by atoms with E-state index in [1.54, 1.807) is 31.2 Å². The zero-order valence-electron chi connectivity index (χ0n) is 23.0. The first-order chi connectivity index (χ1) is 18.6. The van der Waals surface area contributed by atoms with E-state index in [2.05, 4.69) is 10.6 Å². The Morgan fingerprint density at radius 1 is 1.31 bits per heavy atom. The van der Waals surface area contributed by atoms with Crippen molar-refractivity contribution in [1.29, 1.82) is 0 Å². The molecule has 0 aromatic heterocycles. The van der Waals surface area contributed by atoms with Crippen LogP contribution in [0.2, 0.25) is 18.6 Å². The number of nitrogens with zero attached hydrogens (tertiary/aromatic N) is 1. The molecule has 2 amide bonds. The van der Waals surface area contributed by atoms with Crippen LogP contribution < -0.4 is 20.3 Å². The van der Waals surface area contributed by atoms with Crippen molar-refractivity contribution in [2.45, 2.75) is 69.1 Å². The lowest BCUT2D eigenvalue weighted by molar-refractivity contribution is -0.146. The molecule has 2 aromatic rings. The number of halogens is 1. The average Bonchev–Trinajstić information content (AvgIpc) is 3.59. The zero-order chi connectivity index (χ0) is 27.9. The van der Waals surface area contributed by atoms with E-state index in [-0.39, 0.29) is 37.4 Å². The van der Waals surface area contributed by atoms with Crippen LogP contribution >= 0.6 is 0 Å². The number of hydrogen-bond acceptors (Lipinski definition) is 6. The van der Waals surface area contributed by atoms with Crippen LogP contribution in [0.25, 0.3) is 0 Å². The number of anilines is 2. The van der Waals surface area contributed by atoms with E-state index in [0.29, 0.717) is 22.7 Å².